The molecule has 1 saturated heterocycles. The summed E-state index contributed by atoms with van der Waals surface area (Å²) in [5, 5.41) is 12.0. The first-order chi connectivity index (χ1) is 13.5. The van der Waals surface area contributed by atoms with Gasteiger partial charge in [-0.1, -0.05) is 12.1 Å². The van der Waals surface area contributed by atoms with E-state index in [1.54, 1.807) is 60.5 Å². The van der Waals surface area contributed by atoms with Gasteiger partial charge in [-0.05, 0) is 48.4 Å². The lowest BCUT2D eigenvalue weighted by Crippen LogP contribution is -2.30. The summed E-state index contributed by atoms with van der Waals surface area (Å²) in [5.74, 6) is -0.653. The summed E-state index contributed by atoms with van der Waals surface area (Å²) in [4.78, 5) is 37.4. The second-order valence-electron chi connectivity index (χ2n) is 6.59. The molecule has 0 radical (unpaired) electrons. The molecule has 2 aromatic carbocycles. The molecule has 7 heteroatoms. The molecule has 1 heterocycles. The number of benzene rings is 2. The number of methoxy groups -OCH3 is 1. The normalized spacial score (nSPS) is 14.6. The average Bonchev–Trinajstić information content (AvgIpc) is 3.13. The lowest BCUT2D eigenvalue weighted by Gasteiger charge is -2.19. The molecule has 0 aromatic heterocycles. The van der Waals surface area contributed by atoms with Gasteiger partial charge < -0.3 is 20.1 Å². The van der Waals surface area contributed by atoms with Gasteiger partial charge >= 0.3 is 5.97 Å². The Morgan fingerprint density at radius 2 is 1.82 bits per heavy atom. The molecule has 28 heavy (non-hydrogen) atoms. The monoisotopic (exact) mass is 382 g/mol. The highest BCUT2D eigenvalue weighted by Gasteiger charge is 2.22. The van der Waals surface area contributed by atoms with Crippen molar-refractivity contribution in [3.8, 4) is 5.75 Å². The van der Waals surface area contributed by atoms with E-state index in [1.165, 1.54) is 0 Å². The fraction of sp³-hybridized carbons (Fsp3) is 0.286. The van der Waals surface area contributed by atoms with Crippen LogP contribution in [0.4, 0.5) is 5.69 Å². The summed E-state index contributed by atoms with van der Waals surface area (Å²) in [6, 6.07) is 13.0. The molecule has 0 spiro atoms. The Bertz CT molecular complexity index is 861. The molecule has 7 nitrogen and oxygen atoms in total. The largest absolute Gasteiger partial charge is 0.497 e. The van der Waals surface area contributed by atoms with Crippen LogP contribution in [0.25, 0.3) is 0 Å². The first kappa shape index (κ1) is 19.4. The number of ether oxygens (including phenoxy) is 1. The highest BCUT2D eigenvalue weighted by molar-refractivity contribution is 5.97. The smallest absolute Gasteiger partial charge is 0.305 e. The van der Waals surface area contributed by atoms with E-state index < -0.39 is 12.0 Å². The topological polar surface area (TPSA) is 95.9 Å². The van der Waals surface area contributed by atoms with Gasteiger partial charge in [0.25, 0.3) is 5.91 Å². The zero-order valence-electron chi connectivity index (χ0n) is 15.6. The molecule has 0 bridgehead atoms. The first-order valence-electron chi connectivity index (χ1n) is 9.05. The van der Waals surface area contributed by atoms with Crippen molar-refractivity contribution in [1.82, 2.24) is 5.32 Å². The van der Waals surface area contributed by atoms with Gasteiger partial charge in [0, 0.05) is 24.2 Å². The van der Waals surface area contributed by atoms with Crippen LogP contribution in [0, 0.1) is 0 Å². The van der Waals surface area contributed by atoms with Crippen molar-refractivity contribution in [3.05, 3.63) is 59.7 Å². The van der Waals surface area contributed by atoms with Gasteiger partial charge in [0.15, 0.2) is 0 Å². The maximum atomic E-state index is 12.6. The SMILES string of the molecule is COc1ccc([C@H](CC(=O)O)NC(=O)c2ccc(N3CCCC3=O)cc2)cc1. The molecule has 2 amide bonds. The molecule has 1 aliphatic heterocycles. The minimum absolute atomic E-state index is 0.0817. The van der Waals surface area contributed by atoms with Gasteiger partial charge in [0.05, 0.1) is 19.6 Å². The number of nitrogens with zero attached hydrogens (tertiary/aromatic N) is 1. The summed E-state index contributed by atoms with van der Waals surface area (Å²) in [7, 11) is 1.55. The van der Waals surface area contributed by atoms with Crippen molar-refractivity contribution >= 4 is 23.5 Å². The van der Waals surface area contributed by atoms with Crippen LogP contribution in [-0.2, 0) is 9.59 Å². The Hall–Kier alpha value is -3.35. The standard InChI is InChI=1S/C21H22N2O5/c1-28-17-10-6-14(7-11-17)18(13-20(25)26)22-21(27)15-4-8-16(9-5-15)23-12-2-3-19(23)24/h4-11,18H,2-3,12-13H2,1H3,(H,22,27)(H,25,26)/t18-/m0/s1. The van der Waals surface area contributed by atoms with E-state index in [4.69, 9.17) is 4.74 Å². The van der Waals surface area contributed by atoms with Gasteiger partial charge in [0.2, 0.25) is 5.91 Å². The summed E-state index contributed by atoms with van der Waals surface area (Å²) in [6.07, 6.45) is 1.14. The van der Waals surface area contributed by atoms with Gasteiger partial charge in [-0.3, -0.25) is 14.4 Å². The number of anilines is 1. The highest BCUT2D eigenvalue weighted by atomic mass is 16.5. The van der Waals surface area contributed by atoms with E-state index in [-0.39, 0.29) is 18.2 Å². The van der Waals surface area contributed by atoms with Crippen molar-refractivity contribution in [2.75, 3.05) is 18.6 Å². The molecule has 1 aliphatic rings. The predicted octanol–water partition coefficient (Wildman–Crippen LogP) is 2.77. The molecule has 1 fully saturated rings. The lowest BCUT2D eigenvalue weighted by atomic mass is 10.0. The molecule has 0 aliphatic carbocycles. The third-order valence-electron chi connectivity index (χ3n) is 4.72. The number of hydrogen-bond acceptors (Lipinski definition) is 4. The molecule has 1 atom stereocenters. The number of carbonyl (C=O) groups excluding carboxylic acids is 2. The average molecular weight is 382 g/mol. The zero-order valence-corrected chi connectivity index (χ0v) is 15.6. The quantitative estimate of drug-likeness (QED) is 0.768. The van der Waals surface area contributed by atoms with Gasteiger partial charge in [0.1, 0.15) is 5.75 Å². The predicted molar refractivity (Wildman–Crippen MR) is 103 cm³/mol. The van der Waals surface area contributed by atoms with Crippen molar-refractivity contribution < 1.29 is 24.2 Å². The Morgan fingerprint density at radius 1 is 1.14 bits per heavy atom. The molecule has 146 valence electrons. The Balaban J connectivity index is 1.73. The number of aliphatic carboxylic acids is 1. The van der Waals surface area contributed by atoms with Crippen molar-refractivity contribution in [2.45, 2.75) is 25.3 Å². The maximum Gasteiger partial charge on any atom is 0.305 e. The number of hydrogen-bond donors (Lipinski definition) is 2. The molecule has 3 rings (SSSR count). The molecule has 2 aromatic rings. The van der Waals surface area contributed by atoms with E-state index >= 15 is 0 Å². The fourth-order valence-corrected chi connectivity index (χ4v) is 3.22. The lowest BCUT2D eigenvalue weighted by molar-refractivity contribution is -0.137. The van der Waals surface area contributed by atoms with Gasteiger partial charge in [-0.15, -0.1) is 0 Å². The van der Waals surface area contributed by atoms with Gasteiger partial charge in [-0.25, -0.2) is 0 Å². The molecule has 2 N–H and O–H groups in total. The summed E-state index contributed by atoms with van der Waals surface area (Å²) in [5.41, 5.74) is 1.84. The van der Waals surface area contributed by atoms with Crippen LogP contribution in [0.3, 0.4) is 0 Å². The number of carbonyl (C=O) groups is 3. The molecular weight excluding hydrogens is 360 g/mol. The van der Waals surface area contributed by atoms with E-state index in [0.717, 1.165) is 12.1 Å². The zero-order chi connectivity index (χ0) is 20.1. The minimum Gasteiger partial charge on any atom is -0.497 e. The van der Waals surface area contributed by atoms with E-state index in [9.17, 15) is 19.5 Å². The van der Waals surface area contributed by atoms with Crippen LogP contribution in [-0.4, -0.2) is 36.5 Å². The van der Waals surface area contributed by atoms with Gasteiger partial charge in [-0.2, -0.15) is 0 Å². The maximum absolute atomic E-state index is 12.6. The van der Waals surface area contributed by atoms with Crippen LogP contribution in [0.5, 0.6) is 5.75 Å². The summed E-state index contributed by atoms with van der Waals surface area (Å²) < 4.78 is 5.11. The number of carboxylic acids is 1. The third-order valence-corrected chi connectivity index (χ3v) is 4.72. The number of nitrogens with one attached hydrogen (secondary N) is 1. The Morgan fingerprint density at radius 3 is 2.36 bits per heavy atom. The van der Waals surface area contributed by atoms with Crippen LogP contribution < -0.4 is 15.0 Å². The van der Waals surface area contributed by atoms with E-state index in [0.29, 0.717) is 29.8 Å². The van der Waals surface area contributed by atoms with Crippen molar-refractivity contribution in [2.24, 2.45) is 0 Å². The summed E-state index contributed by atoms with van der Waals surface area (Å²) in [6.45, 7) is 0.683. The van der Waals surface area contributed by atoms with Crippen LogP contribution in [0.15, 0.2) is 48.5 Å². The molecular formula is C21H22N2O5. The second-order valence-corrected chi connectivity index (χ2v) is 6.59. The number of amides is 2. The van der Waals surface area contributed by atoms with Crippen LogP contribution >= 0.6 is 0 Å². The molecule has 0 unspecified atom stereocenters. The minimum atomic E-state index is -1.01. The number of rotatable bonds is 7. The second kappa shape index (κ2) is 8.56. The number of carboxylic acid groups (broad SMARTS) is 1. The first-order valence-corrected chi connectivity index (χ1v) is 9.05. The highest BCUT2D eigenvalue weighted by Crippen LogP contribution is 2.23. The van der Waals surface area contributed by atoms with Crippen LogP contribution in [0.2, 0.25) is 0 Å². The van der Waals surface area contributed by atoms with E-state index in [2.05, 4.69) is 5.32 Å². The van der Waals surface area contributed by atoms with Crippen molar-refractivity contribution in [3.63, 3.8) is 0 Å². The van der Waals surface area contributed by atoms with Crippen LogP contribution in [0.1, 0.15) is 41.2 Å². The van der Waals surface area contributed by atoms with Crippen molar-refractivity contribution in [1.29, 1.82) is 0 Å². The molecule has 0 saturated carbocycles. The third kappa shape index (κ3) is 4.49. The Kier molecular flexibility index (Phi) is 5.93. The summed E-state index contributed by atoms with van der Waals surface area (Å²) >= 11 is 0. The Labute approximate surface area is 162 Å². The van der Waals surface area contributed by atoms with E-state index in [1.807, 2.05) is 0 Å². The fourth-order valence-electron chi connectivity index (χ4n) is 3.22.